The van der Waals surface area contributed by atoms with Crippen molar-refractivity contribution in [2.45, 2.75) is 98.4 Å². The van der Waals surface area contributed by atoms with Crippen molar-refractivity contribution >= 4 is 23.9 Å². The van der Waals surface area contributed by atoms with Crippen LogP contribution in [0, 0.1) is 11.8 Å². The third kappa shape index (κ3) is 10.7. The summed E-state index contributed by atoms with van der Waals surface area (Å²) in [5, 5.41) is 5.39. The third-order valence-electron chi connectivity index (χ3n) is 6.32. The first-order valence-electron chi connectivity index (χ1n) is 13.4. The normalized spacial score (nSPS) is 14.6. The fraction of sp³-hybridized carbons (Fsp3) is 0.655. The van der Waals surface area contributed by atoms with Gasteiger partial charge in [-0.05, 0) is 57.9 Å². The van der Waals surface area contributed by atoms with Gasteiger partial charge in [0.15, 0.2) is 0 Å². The maximum absolute atomic E-state index is 14.3. The number of nitrogens with one attached hydrogen (secondary N) is 2. The number of rotatable bonds is 13. The first-order valence-corrected chi connectivity index (χ1v) is 13.4. The van der Waals surface area contributed by atoms with Crippen LogP contribution in [-0.2, 0) is 23.9 Å². The molecular weight excluding hydrogens is 486 g/mol. The number of ether oxygens (including phenoxy) is 2. The van der Waals surface area contributed by atoms with E-state index in [2.05, 4.69) is 29.2 Å². The van der Waals surface area contributed by atoms with Crippen LogP contribution in [0.2, 0.25) is 0 Å². The second kappa shape index (κ2) is 15.3. The number of carbonyl (C=O) groups is 4. The van der Waals surface area contributed by atoms with Gasteiger partial charge in [0.2, 0.25) is 11.8 Å². The van der Waals surface area contributed by atoms with E-state index >= 15 is 0 Å². The lowest BCUT2D eigenvalue weighted by molar-refractivity contribution is -0.147. The molecule has 0 aliphatic carbocycles. The topological polar surface area (TPSA) is 114 Å². The van der Waals surface area contributed by atoms with E-state index in [1.54, 1.807) is 49.9 Å². The number of carbonyl (C=O) groups excluding carboxylic acids is 4. The molecule has 0 aromatic heterocycles. The van der Waals surface area contributed by atoms with E-state index in [1.807, 2.05) is 26.8 Å². The van der Waals surface area contributed by atoms with Gasteiger partial charge in [0, 0.05) is 6.04 Å². The second-order valence-electron chi connectivity index (χ2n) is 11.2. The molecule has 0 radical (unpaired) electrons. The van der Waals surface area contributed by atoms with E-state index in [1.165, 1.54) is 7.11 Å². The summed E-state index contributed by atoms with van der Waals surface area (Å²) < 4.78 is 10.1. The van der Waals surface area contributed by atoms with Crippen LogP contribution < -0.4 is 10.6 Å². The smallest absolute Gasteiger partial charge is 0.408 e. The first-order chi connectivity index (χ1) is 17.7. The highest BCUT2D eigenvalue weighted by atomic mass is 16.6. The summed E-state index contributed by atoms with van der Waals surface area (Å²) in [5.74, 6) is -1.33. The summed E-state index contributed by atoms with van der Waals surface area (Å²) >= 11 is 0. The van der Waals surface area contributed by atoms with E-state index in [-0.39, 0.29) is 24.4 Å². The van der Waals surface area contributed by atoms with Crippen molar-refractivity contribution < 1.29 is 28.7 Å². The van der Waals surface area contributed by atoms with Crippen LogP contribution in [0.1, 0.15) is 86.3 Å². The van der Waals surface area contributed by atoms with Crippen LogP contribution in [0.25, 0.3) is 0 Å². The van der Waals surface area contributed by atoms with Gasteiger partial charge >= 0.3 is 12.1 Å². The lowest BCUT2D eigenvalue weighted by atomic mass is 9.93. The molecule has 214 valence electrons. The number of methoxy groups -OCH3 is 1. The average Bonchev–Trinajstić information content (AvgIpc) is 2.85. The number of benzene rings is 1. The Morgan fingerprint density at radius 3 is 2.08 bits per heavy atom. The Morgan fingerprint density at radius 1 is 0.974 bits per heavy atom. The SMILES string of the molecule is CCC(C)C(NC(=O)OC(C)(C)C)C(=O)N(C(C)CCC(C)C)C(C(=O)NCC(=O)OC)c1ccccc1. The lowest BCUT2D eigenvalue weighted by Gasteiger charge is -2.40. The number of esters is 1. The molecule has 0 heterocycles. The number of alkyl carbamates (subject to hydrolysis) is 1. The summed E-state index contributed by atoms with van der Waals surface area (Å²) in [6.07, 6.45) is 1.41. The van der Waals surface area contributed by atoms with Gasteiger partial charge in [-0.25, -0.2) is 4.79 Å². The lowest BCUT2D eigenvalue weighted by Crippen LogP contribution is -2.57. The minimum Gasteiger partial charge on any atom is -0.468 e. The Labute approximate surface area is 228 Å². The van der Waals surface area contributed by atoms with Gasteiger partial charge in [-0.1, -0.05) is 64.4 Å². The summed E-state index contributed by atoms with van der Waals surface area (Å²) in [4.78, 5) is 54.0. The van der Waals surface area contributed by atoms with Crippen molar-refractivity contribution in [1.82, 2.24) is 15.5 Å². The molecule has 9 heteroatoms. The molecule has 9 nitrogen and oxygen atoms in total. The average molecular weight is 534 g/mol. The summed E-state index contributed by atoms with van der Waals surface area (Å²) in [7, 11) is 1.24. The second-order valence-corrected chi connectivity index (χ2v) is 11.2. The van der Waals surface area contributed by atoms with Crippen LogP contribution in [0.4, 0.5) is 4.79 Å². The number of nitrogens with zero attached hydrogens (tertiary/aromatic N) is 1. The molecule has 38 heavy (non-hydrogen) atoms. The quantitative estimate of drug-likeness (QED) is 0.358. The third-order valence-corrected chi connectivity index (χ3v) is 6.32. The zero-order valence-electron chi connectivity index (χ0n) is 24.5. The monoisotopic (exact) mass is 533 g/mol. The fourth-order valence-corrected chi connectivity index (χ4v) is 3.99. The molecule has 0 bridgehead atoms. The maximum atomic E-state index is 14.3. The van der Waals surface area contributed by atoms with Gasteiger partial charge in [-0.3, -0.25) is 14.4 Å². The van der Waals surface area contributed by atoms with Crippen LogP contribution in [0.5, 0.6) is 0 Å². The van der Waals surface area contributed by atoms with E-state index in [9.17, 15) is 19.2 Å². The van der Waals surface area contributed by atoms with Crippen LogP contribution >= 0.6 is 0 Å². The molecular formula is C29H47N3O6. The van der Waals surface area contributed by atoms with Crippen molar-refractivity contribution in [2.24, 2.45) is 11.8 Å². The first kappa shape index (κ1) is 32.9. The van der Waals surface area contributed by atoms with E-state index < -0.39 is 35.7 Å². The molecule has 4 unspecified atom stereocenters. The predicted octanol–water partition coefficient (Wildman–Crippen LogP) is 4.61. The molecule has 0 saturated heterocycles. The molecule has 1 rings (SSSR count). The van der Waals surface area contributed by atoms with Gasteiger partial charge in [-0.2, -0.15) is 0 Å². The molecule has 2 N–H and O–H groups in total. The van der Waals surface area contributed by atoms with Crippen molar-refractivity contribution in [3.05, 3.63) is 35.9 Å². The minimum absolute atomic E-state index is 0.232. The van der Waals surface area contributed by atoms with Crippen molar-refractivity contribution in [1.29, 1.82) is 0 Å². The van der Waals surface area contributed by atoms with Gasteiger partial charge in [0.05, 0.1) is 7.11 Å². The summed E-state index contributed by atoms with van der Waals surface area (Å²) in [6.45, 7) is 14.9. The van der Waals surface area contributed by atoms with Gasteiger partial charge < -0.3 is 25.0 Å². The van der Waals surface area contributed by atoms with Crippen LogP contribution in [-0.4, -0.2) is 60.1 Å². The molecule has 1 aromatic carbocycles. The zero-order chi connectivity index (χ0) is 29.0. The highest BCUT2D eigenvalue weighted by Crippen LogP contribution is 2.29. The summed E-state index contributed by atoms with van der Waals surface area (Å²) in [6, 6.07) is 6.68. The van der Waals surface area contributed by atoms with Gasteiger partial charge in [-0.15, -0.1) is 0 Å². The molecule has 0 spiro atoms. The molecule has 0 fully saturated rings. The molecule has 1 aromatic rings. The fourth-order valence-electron chi connectivity index (χ4n) is 3.99. The number of amides is 3. The Kier molecular flexibility index (Phi) is 13.3. The molecule has 0 saturated carbocycles. The standard InChI is InChI=1S/C29H47N3O6/c1-10-20(4)24(31-28(36)38-29(6,7)8)27(35)32(21(5)17-16-19(2)3)25(22-14-12-11-13-15-22)26(34)30-18-23(33)37-9/h11-15,19-21,24-25H,10,16-18H2,1-9H3,(H,30,34)(H,31,36). The summed E-state index contributed by atoms with van der Waals surface area (Å²) in [5.41, 5.74) is -0.141. The van der Waals surface area contributed by atoms with Crippen LogP contribution in [0.15, 0.2) is 30.3 Å². The van der Waals surface area contributed by atoms with Crippen molar-refractivity contribution in [3.63, 3.8) is 0 Å². The van der Waals surface area contributed by atoms with E-state index in [0.717, 1.165) is 6.42 Å². The molecule has 0 aliphatic rings. The number of hydrogen-bond acceptors (Lipinski definition) is 6. The Morgan fingerprint density at radius 2 is 1.58 bits per heavy atom. The Bertz CT molecular complexity index is 913. The Hall–Kier alpha value is -3.10. The van der Waals surface area contributed by atoms with E-state index in [4.69, 9.17) is 4.74 Å². The molecule has 3 amide bonds. The highest BCUT2D eigenvalue weighted by molar-refractivity contribution is 5.93. The highest BCUT2D eigenvalue weighted by Gasteiger charge is 2.40. The van der Waals surface area contributed by atoms with E-state index in [0.29, 0.717) is 24.3 Å². The minimum atomic E-state index is -1.03. The van der Waals surface area contributed by atoms with Crippen LogP contribution in [0.3, 0.4) is 0 Å². The van der Waals surface area contributed by atoms with Crippen molar-refractivity contribution in [3.8, 4) is 0 Å². The number of hydrogen-bond donors (Lipinski definition) is 2. The van der Waals surface area contributed by atoms with Gasteiger partial charge in [0.25, 0.3) is 0 Å². The molecule has 4 atom stereocenters. The largest absolute Gasteiger partial charge is 0.468 e. The Balaban J connectivity index is 3.57. The maximum Gasteiger partial charge on any atom is 0.408 e. The zero-order valence-corrected chi connectivity index (χ0v) is 24.5. The molecule has 0 aliphatic heterocycles. The van der Waals surface area contributed by atoms with Crippen molar-refractivity contribution in [2.75, 3.05) is 13.7 Å². The van der Waals surface area contributed by atoms with Gasteiger partial charge in [0.1, 0.15) is 24.2 Å². The predicted molar refractivity (Wildman–Crippen MR) is 147 cm³/mol.